The van der Waals surface area contributed by atoms with Crippen LogP contribution in [-0.4, -0.2) is 76.5 Å². The Morgan fingerprint density at radius 1 is 1.07 bits per heavy atom. The monoisotopic (exact) mass is 426 g/mol. The molecule has 0 spiro atoms. The predicted octanol–water partition coefficient (Wildman–Crippen LogP) is 0.725. The quantitative estimate of drug-likeness (QED) is 0.632. The SMILES string of the molecule is COc1ccc(S(=O)(=O)N2CC[NH+](CC(=O)N(CC(C)C)CC(C)C)CC2)cc1. The van der Waals surface area contributed by atoms with Crippen LogP contribution in [-0.2, 0) is 14.8 Å². The van der Waals surface area contributed by atoms with Crippen molar-refractivity contribution >= 4 is 15.9 Å². The minimum Gasteiger partial charge on any atom is -0.497 e. The van der Waals surface area contributed by atoms with Gasteiger partial charge in [0, 0.05) is 13.1 Å². The van der Waals surface area contributed by atoms with Gasteiger partial charge in [-0.15, -0.1) is 0 Å². The molecule has 1 saturated heterocycles. The fraction of sp³-hybridized carbons (Fsp3) is 0.667. The van der Waals surface area contributed by atoms with Crippen LogP contribution in [0.5, 0.6) is 5.75 Å². The van der Waals surface area contributed by atoms with Crippen molar-refractivity contribution in [2.75, 3.05) is 52.9 Å². The van der Waals surface area contributed by atoms with Gasteiger partial charge in [0.1, 0.15) is 5.75 Å². The molecule has 0 aromatic heterocycles. The molecule has 0 bridgehead atoms. The molecule has 0 unspecified atom stereocenters. The lowest BCUT2D eigenvalue weighted by Gasteiger charge is -2.33. The van der Waals surface area contributed by atoms with Gasteiger partial charge < -0.3 is 14.5 Å². The molecule has 2 rings (SSSR count). The molecule has 29 heavy (non-hydrogen) atoms. The maximum Gasteiger partial charge on any atom is 0.277 e. The number of amides is 1. The lowest BCUT2D eigenvalue weighted by Crippen LogP contribution is -3.15. The minimum absolute atomic E-state index is 0.161. The number of benzene rings is 1. The number of rotatable bonds is 9. The van der Waals surface area contributed by atoms with Crippen molar-refractivity contribution in [1.29, 1.82) is 0 Å². The van der Waals surface area contributed by atoms with E-state index in [2.05, 4.69) is 27.7 Å². The third-order valence-electron chi connectivity index (χ3n) is 5.05. The van der Waals surface area contributed by atoms with E-state index in [4.69, 9.17) is 4.74 Å². The fourth-order valence-electron chi connectivity index (χ4n) is 3.60. The van der Waals surface area contributed by atoms with E-state index < -0.39 is 10.0 Å². The molecule has 1 N–H and O–H groups in total. The molecule has 1 amide bonds. The number of nitrogens with zero attached hydrogens (tertiary/aromatic N) is 2. The number of sulfonamides is 1. The molecule has 1 aliphatic heterocycles. The Labute approximate surface area is 175 Å². The van der Waals surface area contributed by atoms with Crippen LogP contribution in [0, 0.1) is 11.8 Å². The second kappa shape index (κ2) is 10.4. The van der Waals surface area contributed by atoms with Gasteiger partial charge in [-0.2, -0.15) is 4.31 Å². The summed E-state index contributed by atoms with van der Waals surface area (Å²) >= 11 is 0. The summed E-state index contributed by atoms with van der Waals surface area (Å²) in [6, 6.07) is 6.47. The lowest BCUT2D eigenvalue weighted by molar-refractivity contribution is -0.896. The summed E-state index contributed by atoms with van der Waals surface area (Å²) in [5.41, 5.74) is 0. The zero-order valence-corrected chi connectivity index (χ0v) is 19.2. The number of hydrogen-bond donors (Lipinski definition) is 1. The maximum atomic E-state index is 12.9. The van der Waals surface area contributed by atoms with Crippen molar-refractivity contribution < 1.29 is 22.8 Å². The number of nitrogens with one attached hydrogen (secondary N) is 1. The van der Waals surface area contributed by atoms with E-state index >= 15 is 0 Å². The minimum atomic E-state index is -3.52. The highest BCUT2D eigenvalue weighted by molar-refractivity contribution is 7.89. The predicted molar refractivity (Wildman–Crippen MR) is 114 cm³/mol. The molecule has 0 atom stereocenters. The Bertz CT molecular complexity index is 745. The second-order valence-corrected chi connectivity index (χ2v) is 10.5. The average molecular weight is 427 g/mol. The zero-order valence-electron chi connectivity index (χ0n) is 18.3. The Morgan fingerprint density at radius 3 is 2.03 bits per heavy atom. The number of methoxy groups -OCH3 is 1. The van der Waals surface area contributed by atoms with Crippen LogP contribution in [0.25, 0.3) is 0 Å². The van der Waals surface area contributed by atoms with Crippen LogP contribution in [0.1, 0.15) is 27.7 Å². The van der Waals surface area contributed by atoms with E-state index in [9.17, 15) is 13.2 Å². The first-order valence-corrected chi connectivity index (χ1v) is 11.8. The van der Waals surface area contributed by atoms with E-state index in [0.29, 0.717) is 50.3 Å². The number of quaternary nitrogens is 1. The molecule has 1 heterocycles. The van der Waals surface area contributed by atoms with E-state index in [1.165, 1.54) is 4.31 Å². The summed E-state index contributed by atoms with van der Waals surface area (Å²) in [4.78, 5) is 16.2. The molecular formula is C21H36N3O4S+. The van der Waals surface area contributed by atoms with Gasteiger partial charge in [0.25, 0.3) is 5.91 Å². The standard InChI is InChI=1S/C21H35N3O4S/c1-17(2)14-23(15-18(3)4)21(25)16-22-10-12-24(13-11-22)29(26,27)20-8-6-19(28-5)7-9-20/h6-9,17-18H,10-16H2,1-5H3/p+1. The zero-order chi connectivity index (χ0) is 21.6. The highest BCUT2D eigenvalue weighted by Gasteiger charge is 2.32. The molecule has 1 aromatic rings. The summed E-state index contributed by atoms with van der Waals surface area (Å²) in [6.45, 7) is 12.6. The Hall–Kier alpha value is -1.64. The molecule has 1 aliphatic rings. The highest BCUT2D eigenvalue weighted by Crippen LogP contribution is 2.19. The molecule has 7 nitrogen and oxygen atoms in total. The summed E-state index contributed by atoms with van der Waals surface area (Å²) in [6.07, 6.45) is 0. The third kappa shape index (κ3) is 6.69. The largest absolute Gasteiger partial charge is 0.497 e. The van der Waals surface area contributed by atoms with Gasteiger partial charge in [0.2, 0.25) is 10.0 Å². The third-order valence-corrected chi connectivity index (χ3v) is 6.96. The van der Waals surface area contributed by atoms with E-state index in [1.807, 2.05) is 4.90 Å². The molecule has 8 heteroatoms. The number of piperazine rings is 1. The fourth-order valence-corrected chi connectivity index (χ4v) is 5.04. The van der Waals surface area contributed by atoms with Crippen LogP contribution < -0.4 is 9.64 Å². The molecule has 0 aliphatic carbocycles. The topological polar surface area (TPSA) is 71.4 Å². The van der Waals surface area contributed by atoms with Gasteiger partial charge in [0.05, 0.1) is 38.2 Å². The molecule has 0 radical (unpaired) electrons. The maximum absolute atomic E-state index is 12.9. The first kappa shape index (κ1) is 23.6. The Morgan fingerprint density at radius 2 is 1.59 bits per heavy atom. The molecular weight excluding hydrogens is 390 g/mol. The number of hydrogen-bond acceptors (Lipinski definition) is 4. The summed E-state index contributed by atoms with van der Waals surface area (Å²) in [7, 11) is -1.97. The molecule has 1 fully saturated rings. The van der Waals surface area contributed by atoms with Gasteiger partial charge in [0.15, 0.2) is 6.54 Å². The molecule has 1 aromatic carbocycles. The normalized spacial score (nSPS) is 16.4. The first-order chi connectivity index (χ1) is 13.6. The average Bonchev–Trinajstić information content (AvgIpc) is 2.67. The summed E-state index contributed by atoms with van der Waals surface area (Å²) < 4.78 is 32.3. The Kier molecular flexibility index (Phi) is 8.48. The smallest absolute Gasteiger partial charge is 0.277 e. The first-order valence-electron chi connectivity index (χ1n) is 10.4. The van der Waals surface area contributed by atoms with Crippen molar-refractivity contribution in [3.63, 3.8) is 0 Å². The summed E-state index contributed by atoms with van der Waals surface area (Å²) in [5.74, 6) is 1.65. The van der Waals surface area contributed by atoms with Crippen molar-refractivity contribution in [3.05, 3.63) is 24.3 Å². The van der Waals surface area contributed by atoms with Gasteiger partial charge in [-0.1, -0.05) is 27.7 Å². The van der Waals surface area contributed by atoms with E-state index in [1.54, 1.807) is 31.4 Å². The van der Waals surface area contributed by atoms with Crippen molar-refractivity contribution in [2.45, 2.75) is 32.6 Å². The number of ether oxygens (including phenoxy) is 1. The van der Waals surface area contributed by atoms with Crippen LogP contribution in [0.3, 0.4) is 0 Å². The lowest BCUT2D eigenvalue weighted by atomic mass is 10.1. The van der Waals surface area contributed by atoms with Gasteiger partial charge in [-0.25, -0.2) is 8.42 Å². The van der Waals surface area contributed by atoms with E-state index in [-0.39, 0.29) is 10.8 Å². The van der Waals surface area contributed by atoms with Crippen molar-refractivity contribution in [3.8, 4) is 5.75 Å². The van der Waals surface area contributed by atoms with Gasteiger partial charge >= 0.3 is 0 Å². The van der Waals surface area contributed by atoms with Crippen LogP contribution in [0.2, 0.25) is 0 Å². The van der Waals surface area contributed by atoms with Crippen LogP contribution in [0.4, 0.5) is 0 Å². The summed E-state index contributed by atoms with van der Waals surface area (Å²) in [5, 5.41) is 0. The van der Waals surface area contributed by atoms with Gasteiger partial charge in [-0.05, 0) is 36.1 Å². The van der Waals surface area contributed by atoms with Crippen LogP contribution in [0.15, 0.2) is 29.2 Å². The van der Waals surface area contributed by atoms with Crippen molar-refractivity contribution in [2.24, 2.45) is 11.8 Å². The highest BCUT2D eigenvalue weighted by atomic mass is 32.2. The van der Waals surface area contributed by atoms with Gasteiger partial charge in [-0.3, -0.25) is 4.79 Å². The second-order valence-electron chi connectivity index (χ2n) is 8.59. The number of carbonyl (C=O) groups excluding carboxylic acids is 1. The number of carbonyl (C=O) groups is 1. The van der Waals surface area contributed by atoms with E-state index in [0.717, 1.165) is 18.0 Å². The molecule has 164 valence electrons. The molecule has 0 saturated carbocycles. The van der Waals surface area contributed by atoms with Crippen molar-refractivity contribution in [1.82, 2.24) is 9.21 Å². The Balaban J connectivity index is 1.94. The van der Waals surface area contributed by atoms with Crippen LogP contribution >= 0.6 is 0 Å².